The molecule has 0 unspecified atom stereocenters. The van der Waals surface area contributed by atoms with Gasteiger partial charge in [0.05, 0.1) is 11.3 Å². The molecule has 0 aliphatic rings. The quantitative estimate of drug-likeness (QED) is 0.655. The Morgan fingerprint density at radius 2 is 1.77 bits per heavy atom. The van der Waals surface area contributed by atoms with Crippen LogP contribution in [0.3, 0.4) is 0 Å². The number of aromatic nitrogens is 1. The molecule has 0 saturated heterocycles. The number of halogens is 1. The van der Waals surface area contributed by atoms with E-state index in [1.807, 2.05) is 42.5 Å². The smallest absolute Gasteiger partial charge is 0.253 e. The van der Waals surface area contributed by atoms with Gasteiger partial charge in [0.1, 0.15) is 0 Å². The molecule has 1 amide bonds. The second-order valence-corrected chi connectivity index (χ2v) is 6.31. The lowest BCUT2D eigenvalue weighted by Gasteiger charge is -2.09. The molecule has 0 aliphatic heterocycles. The Kier molecular flexibility index (Phi) is 6.23. The van der Waals surface area contributed by atoms with Gasteiger partial charge in [0, 0.05) is 30.5 Å². The zero-order valence-corrected chi connectivity index (χ0v) is 15.0. The van der Waals surface area contributed by atoms with Crippen molar-refractivity contribution in [2.45, 2.75) is 13.0 Å². The van der Waals surface area contributed by atoms with E-state index in [1.165, 1.54) is 5.56 Å². The summed E-state index contributed by atoms with van der Waals surface area (Å²) in [6.07, 6.45) is 4.18. The van der Waals surface area contributed by atoms with Crippen LogP contribution in [-0.4, -0.2) is 17.4 Å². The van der Waals surface area contributed by atoms with E-state index in [4.69, 9.17) is 11.6 Å². The van der Waals surface area contributed by atoms with Crippen molar-refractivity contribution in [3.8, 4) is 0 Å². The largest absolute Gasteiger partial charge is 0.383 e. The first kappa shape index (κ1) is 18.0. The maximum Gasteiger partial charge on any atom is 0.253 e. The maximum atomic E-state index is 12.4. The summed E-state index contributed by atoms with van der Waals surface area (Å²) in [4.78, 5) is 16.5. The summed E-state index contributed by atoms with van der Waals surface area (Å²) in [6, 6.07) is 19.5. The first-order valence-electron chi connectivity index (χ1n) is 8.47. The van der Waals surface area contributed by atoms with Crippen molar-refractivity contribution >= 4 is 23.2 Å². The van der Waals surface area contributed by atoms with Crippen LogP contribution in [0.1, 0.15) is 21.5 Å². The molecule has 4 nitrogen and oxygen atoms in total. The van der Waals surface area contributed by atoms with Crippen molar-refractivity contribution in [1.29, 1.82) is 0 Å². The Labute approximate surface area is 158 Å². The summed E-state index contributed by atoms with van der Waals surface area (Å²) in [5.74, 6) is -0.177. The molecule has 0 fully saturated rings. The predicted molar refractivity (Wildman–Crippen MR) is 105 cm³/mol. The number of carbonyl (C=O) groups excluding carboxylic acids is 1. The van der Waals surface area contributed by atoms with Crippen LogP contribution in [0, 0.1) is 0 Å². The average molecular weight is 366 g/mol. The molecule has 1 aromatic heterocycles. The van der Waals surface area contributed by atoms with Gasteiger partial charge in [-0.2, -0.15) is 0 Å². The Balaban J connectivity index is 1.54. The minimum Gasteiger partial charge on any atom is -0.383 e. The van der Waals surface area contributed by atoms with Gasteiger partial charge in [-0.1, -0.05) is 60.1 Å². The highest BCUT2D eigenvalue weighted by molar-refractivity contribution is 6.31. The second kappa shape index (κ2) is 9.02. The standard InChI is InChI=1S/C21H20ClN3O/c22-20-9-5-4-8-17(20)14-25-21(26)18-12-19(15-23-13-18)24-11-10-16-6-2-1-3-7-16/h1-9,12-13,15,24H,10-11,14H2,(H,25,26). The normalized spacial score (nSPS) is 10.3. The lowest BCUT2D eigenvalue weighted by molar-refractivity contribution is 0.0950. The number of pyridine rings is 1. The number of carbonyl (C=O) groups is 1. The number of benzene rings is 2. The molecular weight excluding hydrogens is 346 g/mol. The maximum absolute atomic E-state index is 12.4. The SMILES string of the molecule is O=C(NCc1ccccc1Cl)c1cncc(NCCc2ccccc2)c1. The highest BCUT2D eigenvalue weighted by Crippen LogP contribution is 2.15. The first-order chi connectivity index (χ1) is 12.7. The van der Waals surface area contributed by atoms with Crippen molar-refractivity contribution < 1.29 is 4.79 Å². The summed E-state index contributed by atoms with van der Waals surface area (Å²) in [6.45, 7) is 1.15. The van der Waals surface area contributed by atoms with Crippen LogP contribution in [0.15, 0.2) is 73.1 Å². The van der Waals surface area contributed by atoms with Crippen LogP contribution in [-0.2, 0) is 13.0 Å². The van der Waals surface area contributed by atoms with Gasteiger partial charge in [0.2, 0.25) is 0 Å². The molecule has 0 spiro atoms. The topological polar surface area (TPSA) is 54.0 Å². The van der Waals surface area contributed by atoms with Crippen LogP contribution < -0.4 is 10.6 Å². The summed E-state index contributed by atoms with van der Waals surface area (Å²) < 4.78 is 0. The van der Waals surface area contributed by atoms with E-state index in [2.05, 4.69) is 27.8 Å². The number of anilines is 1. The summed E-state index contributed by atoms with van der Waals surface area (Å²) >= 11 is 6.11. The molecular formula is C21H20ClN3O. The molecule has 5 heteroatoms. The van der Waals surface area contributed by atoms with Gasteiger partial charge in [-0.05, 0) is 29.7 Å². The Morgan fingerprint density at radius 3 is 2.58 bits per heavy atom. The van der Waals surface area contributed by atoms with Crippen LogP contribution in [0.5, 0.6) is 0 Å². The molecule has 2 N–H and O–H groups in total. The molecule has 0 aliphatic carbocycles. The molecule has 0 radical (unpaired) electrons. The Bertz CT molecular complexity index is 868. The van der Waals surface area contributed by atoms with Crippen LogP contribution in [0.4, 0.5) is 5.69 Å². The monoisotopic (exact) mass is 365 g/mol. The number of rotatable bonds is 7. The lowest BCUT2D eigenvalue weighted by Crippen LogP contribution is -2.23. The minimum absolute atomic E-state index is 0.177. The molecule has 26 heavy (non-hydrogen) atoms. The van der Waals surface area contributed by atoms with Crippen molar-refractivity contribution in [3.63, 3.8) is 0 Å². The lowest BCUT2D eigenvalue weighted by atomic mass is 10.1. The average Bonchev–Trinajstić information content (AvgIpc) is 2.68. The van der Waals surface area contributed by atoms with E-state index in [0.29, 0.717) is 17.1 Å². The fourth-order valence-corrected chi connectivity index (χ4v) is 2.78. The minimum atomic E-state index is -0.177. The molecule has 0 bridgehead atoms. The third-order valence-corrected chi connectivity index (χ3v) is 4.35. The van der Waals surface area contributed by atoms with E-state index in [1.54, 1.807) is 18.5 Å². The van der Waals surface area contributed by atoms with E-state index < -0.39 is 0 Å². The summed E-state index contributed by atoms with van der Waals surface area (Å²) in [5.41, 5.74) is 3.49. The zero-order valence-electron chi connectivity index (χ0n) is 14.3. The fraction of sp³-hybridized carbons (Fsp3) is 0.143. The predicted octanol–water partition coefficient (Wildman–Crippen LogP) is 4.32. The molecule has 1 heterocycles. The zero-order chi connectivity index (χ0) is 18.2. The highest BCUT2D eigenvalue weighted by Gasteiger charge is 2.08. The molecule has 3 aromatic rings. The highest BCUT2D eigenvalue weighted by atomic mass is 35.5. The number of nitrogens with zero attached hydrogens (tertiary/aromatic N) is 1. The summed E-state index contributed by atoms with van der Waals surface area (Å²) in [7, 11) is 0. The number of nitrogens with one attached hydrogen (secondary N) is 2. The van der Waals surface area contributed by atoms with Gasteiger partial charge < -0.3 is 10.6 Å². The Hall–Kier alpha value is -2.85. The second-order valence-electron chi connectivity index (χ2n) is 5.90. The van der Waals surface area contributed by atoms with E-state index in [9.17, 15) is 4.79 Å². The van der Waals surface area contributed by atoms with Crippen molar-refractivity contribution in [2.75, 3.05) is 11.9 Å². The number of hydrogen-bond acceptors (Lipinski definition) is 3. The van der Waals surface area contributed by atoms with E-state index in [-0.39, 0.29) is 5.91 Å². The first-order valence-corrected chi connectivity index (χ1v) is 8.84. The Morgan fingerprint density at radius 1 is 1.00 bits per heavy atom. The molecule has 0 saturated carbocycles. The third kappa shape index (κ3) is 5.07. The molecule has 0 atom stereocenters. The molecule has 132 valence electrons. The molecule has 3 rings (SSSR count). The van der Waals surface area contributed by atoms with E-state index in [0.717, 1.165) is 24.2 Å². The van der Waals surface area contributed by atoms with Gasteiger partial charge in [-0.15, -0.1) is 0 Å². The van der Waals surface area contributed by atoms with Crippen LogP contribution in [0.2, 0.25) is 5.02 Å². The van der Waals surface area contributed by atoms with Gasteiger partial charge in [0.25, 0.3) is 5.91 Å². The van der Waals surface area contributed by atoms with Gasteiger partial charge in [-0.25, -0.2) is 0 Å². The van der Waals surface area contributed by atoms with Crippen molar-refractivity contribution in [1.82, 2.24) is 10.3 Å². The third-order valence-electron chi connectivity index (χ3n) is 3.98. The van der Waals surface area contributed by atoms with Crippen LogP contribution in [0.25, 0.3) is 0 Å². The van der Waals surface area contributed by atoms with Crippen molar-refractivity contribution in [2.24, 2.45) is 0 Å². The summed E-state index contributed by atoms with van der Waals surface area (Å²) in [5, 5.41) is 6.82. The number of amides is 1. The van der Waals surface area contributed by atoms with Gasteiger partial charge in [0.15, 0.2) is 0 Å². The fourth-order valence-electron chi connectivity index (χ4n) is 2.58. The van der Waals surface area contributed by atoms with Crippen molar-refractivity contribution in [3.05, 3.63) is 94.8 Å². The number of hydrogen-bond donors (Lipinski definition) is 2. The van der Waals surface area contributed by atoms with Gasteiger partial charge in [-0.3, -0.25) is 9.78 Å². The van der Waals surface area contributed by atoms with Crippen LogP contribution >= 0.6 is 11.6 Å². The van der Waals surface area contributed by atoms with E-state index >= 15 is 0 Å². The molecule has 2 aromatic carbocycles. The van der Waals surface area contributed by atoms with Gasteiger partial charge >= 0.3 is 0 Å².